The van der Waals surface area contributed by atoms with Gasteiger partial charge in [-0.3, -0.25) is 0 Å². The standard InChI is InChI=1S/C11H11ClO/c1-8-3-5-10(7-11(8)12)6-4-9(2)13/h3,5,7,9,13H,1-2H3. The van der Waals surface area contributed by atoms with Crippen LogP contribution in [0.5, 0.6) is 0 Å². The van der Waals surface area contributed by atoms with Crippen LogP contribution in [-0.4, -0.2) is 11.2 Å². The third-order valence-corrected chi connectivity index (χ3v) is 2.00. The maximum absolute atomic E-state index is 8.93. The SMILES string of the molecule is Cc1ccc(C#CC(C)O)cc1Cl. The Hall–Kier alpha value is -0.970. The van der Waals surface area contributed by atoms with Crippen molar-refractivity contribution in [2.75, 3.05) is 0 Å². The summed E-state index contributed by atoms with van der Waals surface area (Å²) in [7, 11) is 0. The predicted octanol–water partition coefficient (Wildman–Crippen LogP) is 2.38. The zero-order valence-corrected chi connectivity index (χ0v) is 8.39. The number of hydrogen-bond acceptors (Lipinski definition) is 1. The van der Waals surface area contributed by atoms with Gasteiger partial charge in [0.15, 0.2) is 0 Å². The minimum absolute atomic E-state index is 0.597. The highest BCUT2D eigenvalue weighted by Gasteiger charge is 1.94. The Morgan fingerprint density at radius 2 is 2.15 bits per heavy atom. The first-order chi connectivity index (χ1) is 6.09. The lowest BCUT2D eigenvalue weighted by Crippen LogP contribution is -1.92. The second kappa shape index (κ2) is 4.32. The molecule has 0 aromatic heterocycles. The number of halogens is 1. The van der Waals surface area contributed by atoms with Gasteiger partial charge in [-0.1, -0.05) is 29.5 Å². The Morgan fingerprint density at radius 1 is 1.46 bits per heavy atom. The van der Waals surface area contributed by atoms with Gasteiger partial charge in [0.2, 0.25) is 0 Å². The quantitative estimate of drug-likeness (QED) is 0.629. The molecule has 1 aromatic carbocycles. The first-order valence-electron chi connectivity index (χ1n) is 4.05. The Labute approximate surface area is 83.4 Å². The summed E-state index contributed by atoms with van der Waals surface area (Å²) in [5.41, 5.74) is 1.86. The van der Waals surface area contributed by atoms with Crippen LogP contribution >= 0.6 is 11.6 Å². The number of aliphatic hydroxyl groups is 1. The molecule has 0 aliphatic rings. The molecule has 1 nitrogen and oxygen atoms in total. The molecule has 0 heterocycles. The van der Waals surface area contributed by atoms with E-state index >= 15 is 0 Å². The van der Waals surface area contributed by atoms with Crippen molar-refractivity contribution in [3.8, 4) is 11.8 Å². The fraction of sp³-hybridized carbons (Fsp3) is 0.273. The van der Waals surface area contributed by atoms with Gasteiger partial charge in [-0.25, -0.2) is 0 Å². The van der Waals surface area contributed by atoms with Gasteiger partial charge in [0, 0.05) is 10.6 Å². The molecule has 0 radical (unpaired) electrons. The van der Waals surface area contributed by atoms with Crippen LogP contribution in [0.1, 0.15) is 18.1 Å². The van der Waals surface area contributed by atoms with Gasteiger partial charge < -0.3 is 5.11 Å². The van der Waals surface area contributed by atoms with E-state index in [1.165, 1.54) is 0 Å². The first kappa shape index (κ1) is 10.1. The van der Waals surface area contributed by atoms with Crippen molar-refractivity contribution in [3.05, 3.63) is 34.3 Å². The van der Waals surface area contributed by atoms with Crippen molar-refractivity contribution in [3.63, 3.8) is 0 Å². The van der Waals surface area contributed by atoms with Crippen molar-refractivity contribution in [1.29, 1.82) is 0 Å². The molecule has 1 rings (SSSR count). The molecule has 1 aromatic rings. The number of aliphatic hydroxyl groups excluding tert-OH is 1. The minimum Gasteiger partial charge on any atom is -0.381 e. The van der Waals surface area contributed by atoms with Gasteiger partial charge in [0.1, 0.15) is 6.10 Å². The molecule has 0 aliphatic heterocycles. The number of hydrogen-bond donors (Lipinski definition) is 1. The minimum atomic E-state index is -0.597. The van der Waals surface area contributed by atoms with Crippen LogP contribution < -0.4 is 0 Å². The van der Waals surface area contributed by atoms with Crippen LogP contribution in [0, 0.1) is 18.8 Å². The maximum atomic E-state index is 8.93. The van der Waals surface area contributed by atoms with Gasteiger partial charge in [-0.2, -0.15) is 0 Å². The summed E-state index contributed by atoms with van der Waals surface area (Å²) in [5.74, 6) is 5.48. The van der Waals surface area contributed by atoms with Gasteiger partial charge >= 0.3 is 0 Å². The van der Waals surface area contributed by atoms with E-state index in [0.29, 0.717) is 5.02 Å². The molecule has 0 spiro atoms. The summed E-state index contributed by atoms with van der Waals surface area (Å²) in [6.45, 7) is 3.57. The molecule has 0 saturated carbocycles. The van der Waals surface area contributed by atoms with E-state index in [1.807, 2.05) is 19.1 Å². The van der Waals surface area contributed by atoms with E-state index in [1.54, 1.807) is 13.0 Å². The summed E-state index contributed by atoms with van der Waals surface area (Å²) in [6, 6.07) is 5.59. The molecule has 0 bridgehead atoms. The molecule has 0 saturated heterocycles. The zero-order chi connectivity index (χ0) is 9.84. The number of aryl methyl sites for hydroxylation is 1. The van der Waals surface area contributed by atoms with E-state index < -0.39 is 6.10 Å². The summed E-state index contributed by atoms with van der Waals surface area (Å²) < 4.78 is 0. The highest BCUT2D eigenvalue weighted by Crippen LogP contribution is 2.15. The number of rotatable bonds is 0. The van der Waals surface area contributed by atoms with Crippen LogP contribution in [-0.2, 0) is 0 Å². The molecule has 0 aliphatic carbocycles. The summed E-state index contributed by atoms with van der Waals surface area (Å²) >= 11 is 5.90. The van der Waals surface area contributed by atoms with Gasteiger partial charge in [0.25, 0.3) is 0 Å². The third kappa shape index (κ3) is 3.10. The van der Waals surface area contributed by atoms with Gasteiger partial charge in [-0.15, -0.1) is 0 Å². The molecule has 0 amide bonds. The lowest BCUT2D eigenvalue weighted by Gasteiger charge is -1.97. The molecule has 68 valence electrons. The van der Waals surface area contributed by atoms with Crippen molar-refractivity contribution in [2.24, 2.45) is 0 Å². The van der Waals surface area contributed by atoms with Crippen LogP contribution in [0.2, 0.25) is 5.02 Å². The smallest absolute Gasteiger partial charge is 0.112 e. The molecule has 1 N–H and O–H groups in total. The molecular formula is C11H11ClO. The van der Waals surface area contributed by atoms with Crippen LogP contribution in [0.15, 0.2) is 18.2 Å². The predicted molar refractivity (Wildman–Crippen MR) is 54.7 cm³/mol. The van der Waals surface area contributed by atoms with E-state index in [9.17, 15) is 0 Å². The van der Waals surface area contributed by atoms with Crippen molar-refractivity contribution >= 4 is 11.6 Å². The molecule has 1 unspecified atom stereocenters. The van der Waals surface area contributed by atoms with E-state index in [0.717, 1.165) is 11.1 Å². The van der Waals surface area contributed by atoms with Gasteiger partial charge in [-0.05, 0) is 31.5 Å². The maximum Gasteiger partial charge on any atom is 0.112 e. The summed E-state index contributed by atoms with van der Waals surface area (Å²) in [5, 5.41) is 9.64. The summed E-state index contributed by atoms with van der Waals surface area (Å²) in [6.07, 6.45) is -0.597. The molecular weight excluding hydrogens is 184 g/mol. The van der Waals surface area contributed by atoms with Crippen LogP contribution in [0.25, 0.3) is 0 Å². The molecule has 0 fully saturated rings. The molecule has 13 heavy (non-hydrogen) atoms. The second-order valence-electron chi connectivity index (χ2n) is 2.91. The monoisotopic (exact) mass is 194 g/mol. The number of benzene rings is 1. The van der Waals surface area contributed by atoms with Crippen LogP contribution in [0.4, 0.5) is 0 Å². The van der Waals surface area contributed by atoms with Crippen molar-refractivity contribution in [1.82, 2.24) is 0 Å². The van der Waals surface area contributed by atoms with Crippen molar-refractivity contribution in [2.45, 2.75) is 20.0 Å². The van der Waals surface area contributed by atoms with E-state index in [-0.39, 0.29) is 0 Å². The van der Waals surface area contributed by atoms with Crippen molar-refractivity contribution < 1.29 is 5.11 Å². The van der Waals surface area contributed by atoms with E-state index in [4.69, 9.17) is 16.7 Å². The third-order valence-electron chi connectivity index (χ3n) is 1.60. The lowest BCUT2D eigenvalue weighted by atomic mass is 10.1. The topological polar surface area (TPSA) is 20.2 Å². The fourth-order valence-corrected chi connectivity index (χ4v) is 1.04. The summed E-state index contributed by atoms with van der Waals surface area (Å²) in [4.78, 5) is 0. The normalized spacial score (nSPS) is 11.7. The average molecular weight is 195 g/mol. The van der Waals surface area contributed by atoms with E-state index in [2.05, 4.69) is 11.8 Å². The Kier molecular flexibility index (Phi) is 3.36. The molecule has 1 atom stereocenters. The van der Waals surface area contributed by atoms with Gasteiger partial charge in [0.05, 0.1) is 0 Å². The molecule has 2 heteroatoms. The van der Waals surface area contributed by atoms with Crippen LogP contribution in [0.3, 0.4) is 0 Å². The average Bonchev–Trinajstić information content (AvgIpc) is 2.07. The highest BCUT2D eigenvalue weighted by atomic mass is 35.5. The second-order valence-corrected chi connectivity index (χ2v) is 3.32. The zero-order valence-electron chi connectivity index (χ0n) is 7.63. The first-order valence-corrected chi connectivity index (χ1v) is 4.43. The fourth-order valence-electron chi connectivity index (χ4n) is 0.858. The lowest BCUT2D eigenvalue weighted by molar-refractivity contribution is 0.253. The largest absolute Gasteiger partial charge is 0.381 e. The Balaban J connectivity index is 2.94. The highest BCUT2D eigenvalue weighted by molar-refractivity contribution is 6.31. The Morgan fingerprint density at radius 3 is 2.69 bits per heavy atom. The Bertz CT molecular complexity index is 358.